The lowest BCUT2D eigenvalue weighted by Gasteiger charge is -2.11. The lowest BCUT2D eigenvalue weighted by molar-refractivity contribution is -0.143. The Bertz CT molecular complexity index is 438. The zero-order valence-electron chi connectivity index (χ0n) is 12.8. The van der Waals surface area contributed by atoms with E-state index in [2.05, 4.69) is 27.3 Å². The Balaban J connectivity index is 2.25. The smallest absolute Gasteiger partial charge is 0.305 e. The molecule has 0 fully saturated rings. The SMILES string of the molecule is CCOC(=O)CCCCCOc1ccc(Br)cc1CNC. The minimum Gasteiger partial charge on any atom is -0.493 e. The minimum atomic E-state index is -0.109. The van der Waals surface area contributed by atoms with E-state index >= 15 is 0 Å². The second kappa shape index (κ2) is 10.6. The van der Waals surface area contributed by atoms with Crippen LogP contribution in [0.15, 0.2) is 22.7 Å². The van der Waals surface area contributed by atoms with E-state index in [-0.39, 0.29) is 5.97 Å². The molecule has 4 nitrogen and oxygen atoms in total. The van der Waals surface area contributed by atoms with Gasteiger partial charge in [-0.1, -0.05) is 15.9 Å². The number of benzene rings is 1. The van der Waals surface area contributed by atoms with Crippen molar-refractivity contribution in [3.63, 3.8) is 0 Å². The van der Waals surface area contributed by atoms with Crippen molar-refractivity contribution in [3.05, 3.63) is 28.2 Å². The normalized spacial score (nSPS) is 10.4. The van der Waals surface area contributed by atoms with E-state index in [1.165, 1.54) is 0 Å². The summed E-state index contributed by atoms with van der Waals surface area (Å²) < 4.78 is 11.8. The molecule has 1 rings (SSSR count). The summed E-state index contributed by atoms with van der Waals surface area (Å²) in [5.41, 5.74) is 1.14. The fourth-order valence-corrected chi connectivity index (χ4v) is 2.39. The number of rotatable bonds is 10. The topological polar surface area (TPSA) is 47.6 Å². The van der Waals surface area contributed by atoms with Gasteiger partial charge in [-0.05, 0) is 51.4 Å². The third-order valence-electron chi connectivity index (χ3n) is 2.98. The maximum atomic E-state index is 11.2. The first-order chi connectivity index (χ1) is 10.2. The van der Waals surface area contributed by atoms with Crippen molar-refractivity contribution >= 4 is 21.9 Å². The highest BCUT2D eigenvalue weighted by Crippen LogP contribution is 2.23. The minimum absolute atomic E-state index is 0.109. The van der Waals surface area contributed by atoms with Gasteiger partial charge in [0.1, 0.15) is 5.75 Å². The van der Waals surface area contributed by atoms with Gasteiger partial charge in [0.2, 0.25) is 0 Å². The predicted molar refractivity (Wildman–Crippen MR) is 87.5 cm³/mol. The van der Waals surface area contributed by atoms with Crippen LogP contribution in [0.2, 0.25) is 0 Å². The predicted octanol–water partition coefficient (Wildman–Crippen LogP) is 3.67. The molecular weight excluding hydrogens is 334 g/mol. The molecule has 21 heavy (non-hydrogen) atoms. The highest BCUT2D eigenvalue weighted by atomic mass is 79.9. The Kier molecular flexibility index (Phi) is 9.10. The monoisotopic (exact) mass is 357 g/mol. The number of esters is 1. The van der Waals surface area contributed by atoms with Crippen LogP contribution in [-0.4, -0.2) is 26.2 Å². The third-order valence-corrected chi connectivity index (χ3v) is 3.47. The second-order valence-electron chi connectivity index (χ2n) is 4.75. The maximum Gasteiger partial charge on any atom is 0.305 e. The van der Waals surface area contributed by atoms with Crippen LogP contribution in [0.4, 0.5) is 0 Å². The summed E-state index contributed by atoms with van der Waals surface area (Å²) in [4.78, 5) is 11.2. The van der Waals surface area contributed by atoms with Crippen LogP contribution in [0.5, 0.6) is 5.75 Å². The van der Waals surface area contributed by atoms with E-state index in [0.717, 1.165) is 41.6 Å². The van der Waals surface area contributed by atoms with Crippen molar-refractivity contribution in [3.8, 4) is 5.75 Å². The van der Waals surface area contributed by atoms with Crippen LogP contribution >= 0.6 is 15.9 Å². The number of unbranched alkanes of at least 4 members (excludes halogenated alkanes) is 2. The number of carbonyl (C=O) groups is 1. The lowest BCUT2D eigenvalue weighted by atomic mass is 10.2. The summed E-state index contributed by atoms with van der Waals surface area (Å²) >= 11 is 3.47. The molecule has 0 aliphatic rings. The molecule has 0 atom stereocenters. The molecule has 0 saturated carbocycles. The van der Waals surface area contributed by atoms with Crippen molar-refractivity contribution in [2.45, 2.75) is 39.2 Å². The van der Waals surface area contributed by atoms with Gasteiger partial charge in [-0.15, -0.1) is 0 Å². The molecule has 1 aromatic carbocycles. The zero-order valence-corrected chi connectivity index (χ0v) is 14.4. The van der Waals surface area contributed by atoms with Gasteiger partial charge in [-0.3, -0.25) is 4.79 Å². The van der Waals surface area contributed by atoms with E-state index in [1.807, 2.05) is 26.1 Å². The molecule has 1 aromatic rings. The van der Waals surface area contributed by atoms with E-state index in [9.17, 15) is 4.79 Å². The molecule has 0 aliphatic heterocycles. The Labute approximate surface area is 135 Å². The van der Waals surface area contributed by atoms with Crippen LogP contribution in [-0.2, 0) is 16.1 Å². The lowest BCUT2D eigenvalue weighted by Crippen LogP contribution is -2.08. The molecule has 0 aromatic heterocycles. The highest BCUT2D eigenvalue weighted by Gasteiger charge is 2.04. The van der Waals surface area contributed by atoms with Crippen LogP contribution < -0.4 is 10.1 Å². The van der Waals surface area contributed by atoms with Crippen molar-refractivity contribution in [2.75, 3.05) is 20.3 Å². The highest BCUT2D eigenvalue weighted by molar-refractivity contribution is 9.10. The molecule has 5 heteroatoms. The Morgan fingerprint density at radius 1 is 1.29 bits per heavy atom. The molecule has 0 saturated heterocycles. The van der Waals surface area contributed by atoms with E-state index in [0.29, 0.717) is 19.6 Å². The van der Waals surface area contributed by atoms with E-state index in [4.69, 9.17) is 9.47 Å². The molecule has 0 aliphatic carbocycles. The fraction of sp³-hybridized carbons (Fsp3) is 0.562. The first kappa shape index (κ1) is 18.0. The molecule has 1 N–H and O–H groups in total. The molecule has 0 bridgehead atoms. The van der Waals surface area contributed by atoms with Crippen molar-refractivity contribution < 1.29 is 14.3 Å². The van der Waals surface area contributed by atoms with Crippen LogP contribution in [0.25, 0.3) is 0 Å². The molecular formula is C16H24BrNO3. The van der Waals surface area contributed by atoms with Crippen molar-refractivity contribution in [1.82, 2.24) is 5.32 Å². The van der Waals surface area contributed by atoms with Gasteiger partial charge in [0.15, 0.2) is 0 Å². The van der Waals surface area contributed by atoms with Gasteiger partial charge in [0.05, 0.1) is 13.2 Å². The average Bonchev–Trinajstić information content (AvgIpc) is 2.45. The molecule has 0 spiro atoms. The first-order valence-corrected chi connectivity index (χ1v) is 8.18. The van der Waals surface area contributed by atoms with Crippen LogP contribution in [0.1, 0.15) is 38.2 Å². The van der Waals surface area contributed by atoms with Gasteiger partial charge >= 0.3 is 5.97 Å². The number of ether oxygens (including phenoxy) is 2. The fourth-order valence-electron chi connectivity index (χ4n) is 1.98. The Morgan fingerprint density at radius 3 is 2.81 bits per heavy atom. The molecule has 0 heterocycles. The second-order valence-corrected chi connectivity index (χ2v) is 5.66. The van der Waals surface area contributed by atoms with Gasteiger partial charge in [0, 0.05) is 23.0 Å². The van der Waals surface area contributed by atoms with Gasteiger partial charge in [-0.25, -0.2) is 0 Å². The summed E-state index contributed by atoms with van der Waals surface area (Å²) in [6, 6.07) is 6.03. The summed E-state index contributed by atoms with van der Waals surface area (Å²) in [6.07, 6.45) is 3.26. The average molecular weight is 358 g/mol. The van der Waals surface area contributed by atoms with Gasteiger partial charge in [-0.2, -0.15) is 0 Å². The molecule has 0 unspecified atom stereocenters. The number of halogens is 1. The zero-order chi connectivity index (χ0) is 15.5. The summed E-state index contributed by atoms with van der Waals surface area (Å²) in [5, 5.41) is 3.13. The van der Waals surface area contributed by atoms with E-state index < -0.39 is 0 Å². The Hall–Kier alpha value is -1.07. The number of nitrogens with one attached hydrogen (secondary N) is 1. The van der Waals surface area contributed by atoms with Gasteiger partial charge < -0.3 is 14.8 Å². The summed E-state index contributed by atoms with van der Waals surface area (Å²) in [5.74, 6) is 0.806. The molecule has 0 amide bonds. The van der Waals surface area contributed by atoms with Crippen molar-refractivity contribution in [2.24, 2.45) is 0 Å². The number of hydrogen-bond donors (Lipinski definition) is 1. The molecule has 0 radical (unpaired) electrons. The van der Waals surface area contributed by atoms with Crippen molar-refractivity contribution in [1.29, 1.82) is 0 Å². The maximum absolute atomic E-state index is 11.2. The largest absolute Gasteiger partial charge is 0.493 e. The quantitative estimate of drug-likeness (QED) is 0.512. The van der Waals surface area contributed by atoms with Crippen LogP contribution in [0, 0.1) is 0 Å². The standard InChI is InChI=1S/C16H24BrNO3/c1-3-20-16(19)7-5-4-6-10-21-15-9-8-14(17)11-13(15)12-18-2/h8-9,11,18H,3-7,10,12H2,1-2H3. The first-order valence-electron chi connectivity index (χ1n) is 7.38. The van der Waals surface area contributed by atoms with Gasteiger partial charge in [0.25, 0.3) is 0 Å². The summed E-state index contributed by atoms with van der Waals surface area (Å²) in [6.45, 7) is 3.73. The summed E-state index contributed by atoms with van der Waals surface area (Å²) in [7, 11) is 1.92. The molecule has 118 valence electrons. The Morgan fingerprint density at radius 2 is 2.10 bits per heavy atom. The number of carbonyl (C=O) groups excluding carboxylic acids is 1. The van der Waals surface area contributed by atoms with Crippen LogP contribution in [0.3, 0.4) is 0 Å². The van der Waals surface area contributed by atoms with E-state index in [1.54, 1.807) is 0 Å². The third kappa shape index (κ3) is 7.48. The number of hydrogen-bond acceptors (Lipinski definition) is 4.